The van der Waals surface area contributed by atoms with E-state index < -0.39 is 23.3 Å². The fraction of sp³-hybridized carbons (Fsp3) is 0.333. The minimum absolute atomic E-state index is 0.0300. The van der Waals surface area contributed by atoms with Crippen molar-refractivity contribution < 1.29 is 28.6 Å². The maximum absolute atomic E-state index is 13.7. The van der Waals surface area contributed by atoms with Crippen LogP contribution >= 0.6 is 0 Å². The fourth-order valence-electron chi connectivity index (χ4n) is 3.87. The third-order valence-corrected chi connectivity index (χ3v) is 5.03. The van der Waals surface area contributed by atoms with Crippen molar-refractivity contribution in [2.75, 3.05) is 20.3 Å². The van der Waals surface area contributed by atoms with E-state index >= 15 is 0 Å². The molecular formula is C21H21N3O6. The zero-order valence-electron chi connectivity index (χ0n) is 16.9. The van der Waals surface area contributed by atoms with E-state index in [1.54, 1.807) is 38.1 Å². The highest BCUT2D eigenvalue weighted by atomic mass is 16.5. The highest BCUT2D eigenvalue weighted by molar-refractivity contribution is 6.13. The zero-order valence-corrected chi connectivity index (χ0v) is 16.9. The Morgan fingerprint density at radius 3 is 2.53 bits per heavy atom. The van der Waals surface area contributed by atoms with E-state index in [2.05, 4.69) is 0 Å². The first-order valence-electron chi connectivity index (χ1n) is 9.36. The van der Waals surface area contributed by atoms with Crippen LogP contribution in [0.15, 0.2) is 47.0 Å². The van der Waals surface area contributed by atoms with Gasteiger partial charge in [0.2, 0.25) is 11.8 Å². The average molecular weight is 411 g/mol. The number of likely N-dealkylation sites (N-methyl/N-ethyl adjacent to an activating group) is 1. The summed E-state index contributed by atoms with van der Waals surface area (Å²) in [5.74, 6) is -2.12. The Hall–Kier alpha value is -3.80. The second-order valence-electron chi connectivity index (χ2n) is 6.59. The molecule has 0 saturated heterocycles. The Balaban J connectivity index is 2.39. The molecule has 9 heteroatoms. The molecule has 2 aliphatic heterocycles. The lowest BCUT2D eigenvalue weighted by Crippen LogP contribution is -2.46. The molecule has 0 aliphatic carbocycles. The number of nitrogens with two attached hydrogens (primary N) is 1. The number of fused-ring (bicyclic) bond motifs is 2. The van der Waals surface area contributed by atoms with Gasteiger partial charge >= 0.3 is 11.9 Å². The largest absolute Gasteiger partial charge is 0.466 e. The van der Waals surface area contributed by atoms with E-state index in [1.807, 2.05) is 6.07 Å². The smallest absolute Gasteiger partial charge is 0.337 e. The van der Waals surface area contributed by atoms with E-state index in [0.29, 0.717) is 0 Å². The maximum atomic E-state index is 13.7. The van der Waals surface area contributed by atoms with Gasteiger partial charge in [-0.05, 0) is 19.9 Å². The molecule has 2 N–H and O–H groups in total. The summed E-state index contributed by atoms with van der Waals surface area (Å²) in [6, 6.07) is 8.42. The minimum Gasteiger partial charge on any atom is -0.466 e. The normalized spacial score (nSPS) is 20.1. The molecule has 1 atom stereocenters. The van der Waals surface area contributed by atoms with Crippen molar-refractivity contribution in [3.63, 3.8) is 0 Å². The first kappa shape index (κ1) is 20.9. The van der Waals surface area contributed by atoms with Crippen LogP contribution in [0, 0.1) is 11.3 Å². The van der Waals surface area contributed by atoms with Crippen LogP contribution in [-0.4, -0.2) is 43.0 Å². The summed E-state index contributed by atoms with van der Waals surface area (Å²) in [6.45, 7) is 3.43. The molecule has 9 nitrogen and oxygen atoms in total. The summed E-state index contributed by atoms with van der Waals surface area (Å²) in [6.07, 6.45) is -0.354. The quantitative estimate of drug-likeness (QED) is 0.716. The summed E-state index contributed by atoms with van der Waals surface area (Å²) in [4.78, 5) is 40.2. The molecule has 3 rings (SSSR count). The zero-order chi connectivity index (χ0) is 22.1. The molecule has 0 radical (unpaired) electrons. The Morgan fingerprint density at radius 1 is 1.23 bits per heavy atom. The topological polar surface area (TPSA) is 132 Å². The summed E-state index contributed by atoms with van der Waals surface area (Å²) in [5.41, 5.74) is 4.11. The number of carbonyl (C=O) groups is 3. The number of para-hydroxylation sites is 1. The van der Waals surface area contributed by atoms with Crippen molar-refractivity contribution in [3.8, 4) is 11.8 Å². The van der Waals surface area contributed by atoms with Crippen LogP contribution < -0.4 is 10.5 Å². The molecule has 2 heterocycles. The van der Waals surface area contributed by atoms with Gasteiger partial charge in [0.25, 0.3) is 0 Å². The number of rotatable bonds is 5. The summed E-state index contributed by atoms with van der Waals surface area (Å²) in [5, 5.41) is 9.89. The Morgan fingerprint density at radius 2 is 1.90 bits per heavy atom. The van der Waals surface area contributed by atoms with Gasteiger partial charge in [0, 0.05) is 18.3 Å². The molecule has 0 saturated carbocycles. The van der Waals surface area contributed by atoms with E-state index in [9.17, 15) is 19.6 Å². The predicted octanol–water partition coefficient (Wildman–Crippen LogP) is 1.25. The van der Waals surface area contributed by atoms with E-state index in [-0.39, 0.29) is 53.7 Å². The first-order valence-corrected chi connectivity index (χ1v) is 9.36. The number of carbonyl (C=O) groups excluding carboxylic acids is 3. The number of esters is 2. The standard InChI is InChI=1S/C21H21N3O6/c1-4-28-16(25)10-14-17(19(26)29-5-2)21(20(27)24(14)3)12-8-6-7-9-15(12)30-18(23)13(21)11-22/h6-9H,4-5,10,23H2,1-3H3/t21-/m1/s1. The van der Waals surface area contributed by atoms with Crippen LogP contribution in [0.2, 0.25) is 0 Å². The maximum Gasteiger partial charge on any atom is 0.337 e. The number of nitrogens with zero attached hydrogens (tertiary/aromatic N) is 2. The molecule has 0 bridgehead atoms. The summed E-state index contributed by atoms with van der Waals surface area (Å²) >= 11 is 0. The van der Waals surface area contributed by atoms with Crippen LogP contribution in [-0.2, 0) is 29.3 Å². The van der Waals surface area contributed by atoms with Gasteiger partial charge < -0.3 is 24.8 Å². The molecule has 1 amide bonds. The highest BCUT2D eigenvalue weighted by Gasteiger charge is 2.62. The molecule has 1 aromatic carbocycles. The molecule has 30 heavy (non-hydrogen) atoms. The molecule has 0 unspecified atom stereocenters. The third-order valence-electron chi connectivity index (χ3n) is 5.03. The van der Waals surface area contributed by atoms with E-state index in [0.717, 1.165) is 0 Å². The Kier molecular flexibility index (Phi) is 5.52. The summed E-state index contributed by atoms with van der Waals surface area (Å²) in [7, 11) is 1.42. The second-order valence-corrected chi connectivity index (χ2v) is 6.59. The van der Waals surface area contributed by atoms with Gasteiger partial charge in [0.15, 0.2) is 5.41 Å². The van der Waals surface area contributed by atoms with Gasteiger partial charge in [-0.25, -0.2) is 4.79 Å². The molecule has 156 valence electrons. The van der Waals surface area contributed by atoms with Crippen LogP contribution in [0.25, 0.3) is 0 Å². The average Bonchev–Trinajstić information content (AvgIpc) is 2.91. The van der Waals surface area contributed by atoms with Crippen LogP contribution in [0.3, 0.4) is 0 Å². The lowest BCUT2D eigenvalue weighted by Gasteiger charge is -2.34. The van der Waals surface area contributed by atoms with Crippen molar-refractivity contribution in [3.05, 3.63) is 52.6 Å². The number of hydrogen-bond donors (Lipinski definition) is 1. The fourth-order valence-corrected chi connectivity index (χ4v) is 3.87. The van der Waals surface area contributed by atoms with Gasteiger partial charge in [-0.3, -0.25) is 9.59 Å². The number of hydrogen-bond acceptors (Lipinski definition) is 8. The van der Waals surface area contributed by atoms with E-state index in [4.69, 9.17) is 19.9 Å². The minimum atomic E-state index is -1.88. The number of nitriles is 1. The van der Waals surface area contributed by atoms with Gasteiger partial charge in [0.05, 0.1) is 25.2 Å². The van der Waals surface area contributed by atoms with Crippen molar-refractivity contribution >= 4 is 17.8 Å². The third kappa shape index (κ3) is 2.88. The molecule has 1 spiro atoms. The molecule has 0 aromatic heterocycles. The predicted molar refractivity (Wildman–Crippen MR) is 103 cm³/mol. The second kappa shape index (κ2) is 7.91. The van der Waals surface area contributed by atoms with Crippen molar-refractivity contribution in [2.24, 2.45) is 5.73 Å². The molecule has 2 aliphatic rings. The monoisotopic (exact) mass is 411 g/mol. The SMILES string of the molecule is CCOC(=O)CC1=C(C(=O)OCC)[C@]2(C(=O)N1C)C(C#N)=C(N)Oc1ccccc12. The van der Waals surface area contributed by atoms with Gasteiger partial charge in [-0.2, -0.15) is 5.26 Å². The van der Waals surface area contributed by atoms with Gasteiger partial charge in [-0.1, -0.05) is 18.2 Å². The van der Waals surface area contributed by atoms with Gasteiger partial charge in [0.1, 0.15) is 17.4 Å². The van der Waals surface area contributed by atoms with Crippen LogP contribution in [0.1, 0.15) is 25.8 Å². The molecule has 0 fully saturated rings. The number of amides is 1. The number of benzene rings is 1. The molecule has 1 aromatic rings. The van der Waals surface area contributed by atoms with E-state index in [1.165, 1.54) is 11.9 Å². The number of ether oxygens (including phenoxy) is 3. The highest BCUT2D eigenvalue weighted by Crippen LogP contribution is 2.53. The summed E-state index contributed by atoms with van der Waals surface area (Å²) < 4.78 is 15.8. The first-order chi connectivity index (χ1) is 14.3. The lowest BCUT2D eigenvalue weighted by molar-refractivity contribution is -0.142. The molecular weight excluding hydrogens is 390 g/mol. The Labute approximate surface area is 173 Å². The van der Waals surface area contributed by atoms with Crippen molar-refractivity contribution in [1.82, 2.24) is 4.90 Å². The van der Waals surface area contributed by atoms with Crippen molar-refractivity contribution in [2.45, 2.75) is 25.7 Å². The lowest BCUT2D eigenvalue weighted by atomic mass is 9.68. The van der Waals surface area contributed by atoms with Crippen LogP contribution in [0.5, 0.6) is 5.75 Å². The van der Waals surface area contributed by atoms with Crippen molar-refractivity contribution in [1.29, 1.82) is 5.26 Å². The van der Waals surface area contributed by atoms with Gasteiger partial charge in [-0.15, -0.1) is 0 Å². The Bertz CT molecular complexity index is 1040. The van der Waals surface area contributed by atoms with Crippen LogP contribution in [0.4, 0.5) is 0 Å².